The van der Waals surface area contributed by atoms with Gasteiger partial charge in [0.25, 0.3) is 0 Å². The van der Waals surface area contributed by atoms with E-state index in [0.29, 0.717) is 5.92 Å². The average molecular weight is 234 g/mol. The highest BCUT2D eigenvalue weighted by atomic mass is 16.5. The molecule has 94 valence electrons. The molecule has 1 aliphatic heterocycles. The summed E-state index contributed by atoms with van der Waals surface area (Å²) in [5.41, 5.74) is 7.08. The number of hydrogen-bond acceptors (Lipinski definition) is 3. The molecule has 2 rings (SSSR count). The average Bonchev–Trinajstić information content (AvgIpc) is 2.39. The highest BCUT2D eigenvalue weighted by Gasteiger charge is 2.18. The first-order valence-electron chi connectivity index (χ1n) is 6.37. The van der Waals surface area contributed by atoms with Gasteiger partial charge in [-0.15, -0.1) is 0 Å². The SMILES string of the molecule is COc1cccc(CN2CCC[C@@H](CN)C2)c1. The summed E-state index contributed by atoms with van der Waals surface area (Å²) >= 11 is 0. The lowest BCUT2D eigenvalue weighted by atomic mass is 9.98. The van der Waals surface area contributed by atoms with Crippen LogP contribution in [0, 0.1) is 5.92 Å². The number of nitrogens with zero attached hydrogens (tertiary/aromatic N) is 1. The van der Waals surface area contributed by atoms with Crippen LogP contribution >= 0.6 is 0 Å². The maximum Gasteiger partial charge on any atom is 0.119 e. The van der Waals surface area contributed by atoms with Gasteiger partial charge in [-0.05, 0) is 49.5 Å². The molecule has 1 aliphatic rings. The van der Waals surface area contributed by atoms with Crippen LogP contribution in [0.4, 0.5) is 0 Å². The lowest BCUT2D eigenvalue weighted by Gasteiger charge is -2.32. The molecule has 3 heteroatoms. The van der Waals surface area contributed by atoms with Gasteiger partial charge in [-0.2, -0.15) is 0 Å². The smallest absolute Gasteiger partial charge is 0.119 e. The van der Waals surface area contributed by atoms with Crippen LogP contribution in [0.1, 0.15) is 18.4 Å². The van der Waals surface area contributed by atoms with Crippen molar-refractivity contribution in [2.45, 2.75) is 19.4 Å². The molecule has 0 saturated carbocycles. The fourth-order valence-corrected chi connectivity index (χ4v) is 2.52. The molecule has 3 nitrogen and oxygen atoms in total. The first-order valence-corrected chi connectivity index (χ1v) is 6.37. The van der Waals surface area contributed by atoms with Gasteiger partial charge in [0.15, 0.2) is 0 Å². The highest BCUT2D eigenvalue weighted by molar-refractivity contribution is 5.28. The van der Waals surface area contributed by atoms with Crippen molar-refractivity contribution in [1.82, 2.24) is 4.90 Å². The zero-order valence-corrected chi connectivity index (χ0v) is 10.6. The van der Waals surface area contributed by atoms with E-state index in [1.807, 2.05) is 6.07 Å². The topological polar surface area (TPSA) is 38.5 Å². The zero-order chi connectivity index (χ0) is 12.1. The summed E-state index contributed by atoms with van der Waals surface area (Å²) < 4.78 is 5.25. The molecule has 17 heavy (non-hydrogen) atoms. The van der Waals surface area contributed by atoms with Gasteiger partial charge in [0.05, 0.1) is 7.11 Å². The Hall–Kier alpha value is -1.06. The van der Waals surface area contributed by atoms with Crippen molar-refractivity contribution in [3.63, 3.8) is 0 Å². The monoisotopic (exact) mass is 234 g/mol. The fourth-order valence-electron chi connectivity index (χ4n) is 2.52. The molecule has 1 atom stereocenters. The first kappa shape index (κ1) is 12.4. The maximum absolute atomic E-state index is 5.76. The zero-order valence-electron chi connectivity index (χ0n) is 10.6. The van der Waals surface area contributed by atoms with Crippen LogP contribution < -0.4 is 10.5 Å². The summed E-state index contributed by atoms with van der Waals surface area (Å²) in [5.74, 6) is 1.62. The number of benzene rings is 1. The van der Waals surface area contributed by atoms with Crippen molar-refractivity contribution < 1.29 is 4.74 Å². The third-order valence-electron chi connectivity index (χ3n) is 3.48. The van der Waals surface area contributed by atoms with E-state index in [9.17, 15) is 0 Å². The lowest BCUT2D eigenvalue weighted by Crippen LogP contribution is -2.37. The summed E-state index contributed by atoms with van der Waals surface area (Å²) in [7, 11) is 1.71. The Kier molecular flexibility index (Phi) is 4.40. The van der Waals surface area contributed by atoms with E-state index < -0.39 is 0 Å². The van der Waals surface area contributed by atoms with Gasteiger partial charge in [-0.3, -0.25) is 4.90 Å². The molecular weight excluding hydrogens is 212 g/mol. The summed E-state index contributed by atoms with van der Waals surface area (Å²) in [4.78, 5) is 2.50. The van der Waals surface area contributed by atoms with Crippen LogP contribution in [0.2, 0.25) is 0 Å². The molecule has 0 amide bonds. The van der Waals surface area contributed by atoms with E-state index >= 15 is 0 Å². The van der Waals surface area contributed by atoms with Gasteiger partial charge < -0.3 is 10.5 Å². The Balaban J connectivity index is 1.95. The van der Waals surface area contributed by atoms with Crippen molar-refractivity contribution in [2.75, 3.05) is 26.7 Å². The van der Waals surface area contributed by atoms with E-state index in [0.717, 1.165) is 25.4 Å². The third kappa shape index (κ3) is 3.45. The van der Waals surface area contributed by atoms with Gasteiger partial charge in [0, 0.05) is 13.1 Å². The molecule has 0 radical (unpaired) electrons. The maximum atomic E-state index is 5.76. The Labute approximate surface area is 104 Å². The second kappa shape index (κ2) is 6.03. The molecule has 1 aromatic rings. The molecular formula is C14H22N2O. The summed E-state index contributed by atoms with van der Waals surface area (Å²) in [5, 5.41) is 0. The molecule has 1 fully saturated rings. The summed E-state index contributed by atoms with van der Waals surface area (Å²) in [6, 6.07) is 8.32. The molecule has 1 aromatic carbocycles. The number of hydrogen-bond donors (Lipinski definition) is 1. The Morgan fingerprint density at radius 2 is 2.35 bits per heavy atom. The van der Waals surface area contributed by atoms with Crippen molar-refractivity contribution in [1.29, 1.82) is 0 Å². The highest BCUT2D eigenvalue weighted by Crippen LogP contribution is 2.19. The molecule has 2 N–H and O–H groups in total. The second-order valence-electron chi connectivity index (χ2n) is 4.83. The van der Waals surface area contributed by atoms with Crippen molar-refractivity contribution in [3.8, 4) is 5.75 Å². The molecule has 0 spiro atoms. The predicted octanol–water partition coefficient (Wildman–Crippen LogP) is 1.87. The van der Waals surface area contributed by atoms with E-state index in [1.165, 1.54) is 24.9 Å². The van der Waals surface area contributed by atoms with Crippen LogP contribution in [0.3, 0.4) is 0 Å². The minimum Gasteiger partial charge on any atom is -0.497 e. The van der Waals surface area contributed by atoms with Crippen LogP contribution in [0.15, 0.2) is 24.3 Å². The van der Waals surface area contributed by atoms with E-state index in [1.54, 1.807) is 7.11 Å². The fraction of sp³-hybridized carbons (Fsp3) is 0.571. The number of likely N-dealkylation sites (tertiary alicyclic amines) is 1. The number of nitrogens with two attached hydrogens (primary N) is 1. The minimum absolute atomic E-state index is 0.675. The number of piperidine rings is 1. The largest absolute Gasteiger partial charge is 0.497 e. The number of ether oxygens (including phenoxy) is 1. The van der Waals surface area contributed by atoms with Crippen molar-refractivity contribution >= 4 is 0 Å². The van der Waals surface area contributed by atoms with E-state index in [-0.39, 0.29) is 0 Å². The minimum atomic E-state index is 0.675. The standard InChI is InChI=1S/C14H22N2O/c1-17-14-6-2-4-12(8-14)10-16-7-3-5-13(9-15)11-16/h2,4,6,8,13H,3,5,7,9-11,15H2,1H3/t13-/m0/s1. The Morgan fingerprint density at radius 3 is 3.12 bits per heavy atom. The second-order valence-corrected chi connectivity index (χ2v) is 4.83. The molecule has 0 unspecified atom stereocenters. The third-order valence-corrected chi connectivity index (χ3v) is 3.48. The molecule has 0 aromatic heterocycles. The predicted molar refractivity (Wildman–Crippen MR) is 70.0 cm³/mol. The number of rotatable bonds is 4. The Bertz CT molecular complexity index is 354. The normalized spacial score (nSPS) is 21.4. The van der Waals surface area contributed by atoms with Gasteiger partial charge in [0.1, 0.15) is 5.75 Å². The molecule has 1 saturated heterocycles. The quantitative estimate of drug-likeness (QED) is 0.864. The van der Waals surface area contributed by atoms with Gasteiger partial charge in [-0.25, -0.2) is 0 Å². The van der Waals surface area contributed by atoms with E-state index in [4.69, 9.17) is 10.5 Å². The molecule has 1 heterocycles. The van der Waals surface area contributed by atoms with Crippen molar-refractivity contribution in [3.05, 3.63) is 29.8 Å². The lowest BCUT2D eigenvalue weighted by molar-refractivity contribution is 0.171. The number of methoxy groups -OCH3 is 1. The van der Waals surface area contributed by atoms with Gasteiger partial charge >= 0.3 is 0 Å². The molecule has 0 bridgehead atoms. The first-order chi connectivity index (χ1) is 8.31. The summed E-state index contributed by atoms with van der Waals surface area (Å²) in [6.45, 7) is 4.14. The van der Waals surface area contributed by atoms with Crippen LogP contribution in [0.25, 0.3) is 0 Å². The summed E-state index contributed by atoms with van der Waals surface area (Å²) in [6.07, 6.45) is 2.55. The van der Waals surface area contributed by atoms with Gasteiger partial charge in [-0.1, -0.05) is 12.1 Å². The van der Waals surface area contributed by atoms with Crippen LogP contribution in [-0.4, -0.2) is 31.6 Å². The van der Waals surface area contributed by atoms with Crippen LogP contribution in [-0.2, 0) is 6.54 Å². The molecule has 0 aliphatic carbocycles. The van der Waals surface area contributed by atoms with Crippen LogP contribution in [0.5, 0.6) is 5.75 Å². The van der Waals surface area contributed by atoms with E-state index in [2.05, 4.69) is 23.1 Å². The van der Waals surface area contributed by atoms with Crippen molar-refractivity contribution in [2.24, 2.45) is 11.7 Å². The van der Waals surface area contributed by atoms with Gasteiger partial charge in [0.2, 0.25) is 0 Å². The Morgan fingerprint density at radius 1 is 1.47 bits per heavy atom.